The molecule has 1 N–H and O–H groups in total. The van der Waals surface area contributed by atoms with Crippen LogP contribution in [0.3, 0.4) is 0 Å². The molecule has 0 radical (unpaired) electrons. The van der Waals surface area contributed by atoms with Gasteiger partial charge in [-0.15, -0.1) is 0 Å². The van der Waals surface area contributed by atoms with E-state index in [2.05, 4.69) is 26.2 Å². The summed E-state index contributed by atoms with van der Waals surface area (Å²) in [4.78, 5) is 4.06. The van der Waals surface area contributed by atoms with Crippen molar-refractivity contribution in [1.82, 2.24) is 10.3 Å². The zero-order valence-electron chi connectivity index (χ0n) is 10.3. The van der Waals surface area contributed by atoms with Gasteiger partial charge in [0.1, 0.15) is 11.6 Å². The van der Waals surface area contributed by atoms with Gasteiger partial charge in [0.05, 0.1) is 0 Å². The molecule has 0 saturated carbocycles. The van der Waals surface area contributed by atoms with Crippen molar-refractivity contribution in [2.45, 2.75) is 12.5 Å². The van der Waals surface area contributed by atoms with Crippen LogP contribution in [0, 0.1) is 11.6 Å². The van der Waals surface area contributed by atoms with Crippen molar-refractivity contribution >= 4 is 15.9 Å². The first-order chi connectivity index (χ1) is 9.10. The molecule has 2 rings (SSSR count). The summed E-state index contributed by atoms with van der Waals surface area (Å²) in [6.45, 7) is 0. The molecule has 0 spiro atoms. The van der Waals surface area contributed by atoms with Gasteiger partial charge in [-0.3, -0.25) is 4.98 Å². The minimum Gasteiger partial charge on any atom is -0.313 e. The zero-order valence-corrected chi connectivity index (χ0v) is 11.9. The Morgan fingerprint density at radius 2 is 2.05 bits per heavy atom. The Labute approximate surface area is 119 Å². The average molecular weight is 327 g/mol. The smallest absolute Gasteiger partial charge is 0.128 e. The number of nitrogens with zero attached hydrogens (tertiary/aromatic N) is 1. The minimum absolute atomic E-state index is 0.299. The topological polar surface area (TPSA) is 24.9 Å². The number of pyridine rings is 1. The van der Waals surface area contributed by atoms with Crippen LogP contribution >= 0.6 is 15.9 Å². The second-order valence-corrected chi connectivity index (χ2v) is 5.14. The molecule has 0 amide bonds. The molecule has 1 aromatic carbocycles. The van der Waals surface area contributed by atoms with Gasteiger partial charge in [0.2, 0.25) is 0 Å². The lowest BCUT2D eigenvalue weighted by Crippen LogP contribution is -2.20. The SMILES string of the molecule is CNC(Cc1cncc(Br)c1)c1cc(F)ccc1F. The number of hydrogen-bond donors (Lipinski definition) is 1. The summed E-state index contributed by atoms with van der Waals surface area (Å²) in [6.07, 6.45) is 3.93. The highest BCUT2D eigenvalue weighted by Crippen LogP contribution is 2.22. The summed E-state index contributed by atoms with van der Waals surface area (Å²) in [6, 6.07) is 5.10. The van der Waals surface area contributed by atoms with Crippen LogP contribution in [0.2, 0.25) is 0 Å². The number of rotatable bonds is 4. The monoisotopic (exact) mass is 326 g/mol. The molecular formula is C14H13BrF2N2. The molecule has 0 aliphatic rings. The maximum atomic E-state index is 13.8. The summed E-state index contributed by atoms with van der Waals surface area (Å²) in [5, 5.41) is 3.00. The average Bonchev–Trinajstić information content (AvgIpc) is 2.39. The van der Waals surface area contributed by atoms with Crippen molar-refractivity contribution in [3.63, 3.8) is 0 Å². The van der Waals surface area contributed by atoms with Crippen LogP contribution in [0.5, 0.6) is 0 Å². The predicted molar refractivity (Wildman–Crippen MR) is 73.8 cm³/mol. The van der Waals surface area contributed by atoms with Gasteiger partial charge in [-0.25, -0.2) is 8.78 Å². The van der Waals surface area contributed by atoms with E-state index in [-0.39, 0.29) is 6.04 Å². The Hall–Kier alpha value is -1.33. The first-order valence-corrected chi connectivity index (χ1v) is 6.61. The molecule has 5 heteroatoms. The molecule has 1 unspecified atom stereocenters. The Kier molecular flexibility index (Phi) is 4.61. The third kappa shape index (κ3) is 3.58. The second-order valence-electron chi connectivity index (χ2n) is 4.22. The molecule has 0 saturated heterocycles. The van der Waals surface area contributed by atoms with E-state index in [4.69, 9.17) is 0 Å². The van der Waals surface area contributed by atoms with Crippen LogP contribution in [0.1, 0.15) is 17.2 Å². The molecule has 0 aliphatic carbocycles. The fourth-order valence-corrected chi connectivity index (χ4v) is 2.36. The van der Waals surface area contributed by atoms with Gasteiger partial charge in [-0.05, 0) is 59.2 Å². The molecule has 0 bridgehead atoms. The zero-order chi connectivity index (χ0) is 13.8. The number of nitrogens with one attached hydrogen (secondary N) is 1. The fraction of sp³-hybridized carbons (Fsp3) is 0.214. The number of benzene rings is 1. The van der Waals surface area contributed by atoms with Gasteiger partial charge in [0.25, 0.3) is 0 Å². The third-order valence-corrected chi connectivity index (χ3v) is 3.32. The van der Waals surface area contributed by atoms with Gasteiger partial charge in [-0.2, -0.15) is 0 Å². The van der Waals surface area contributed by atoms with Crippen molar-refractivity contribution in [3.8, 4) is 0 Å². The molecule has 1 atom stereocenters. The first-order valence-electron chi connectivity index (χ1n) is 5.82. The normalized spacial score (nSPS) is 12.4. The number of aromatic nitrogens is 1. The highest BCUT2D eigenvalue weighted by Gasteiger charge is 2.15. The quantitative estimate of drug-likeness (QED) is 0.928. The van der Waals surface area contributed by atoms with E-state index in [1.54, 1.807) is 19.4 Å². The van der Waals surface area contributed by atoms with Gasteiger partial charge in [-0.1, -0.05) is 0 Å². The third-order valence-electron chi connectivity index (χ3n) is 2.88. The van der Waals surface area contributed by atoms with Gasteiger partial charge in [0.15, 0.2) is 0 Å². The van der Waals surface area contributed by atoms with E-state index in [1.807, 2.05) is 6.07 Å². The highest BCUT2D eigenvalue weighted by atomic mass is 79.9. The highest BCUT2D eigenvalue weighted by molar-refractivity contribution is 9.10. The summed E-state index contributed by atoms with van der Waals surface area (Å²) in [5.74, 6) is -0.854. The van der Waals surface area contributed by atoms with Crippen LogP contribution in [-0.4, -0.2) is 12.0 Å². The summed E-state index contributed by atoms with van der Waals surface area (Å²) >= 11 is 3.34. The maximum absolute atomic E-state index is 13.8. The van der Waals surface area contributed by atoms with Gasteiger partial charge in [0, 0.05) is 28.5 Å². The van der Waals surface area contributed by atoms with Crippen LogP contribution < -0.4 is 5.32 Å². The van der Waals surface area contributed by atoms with Crippen LogP contribution in [-0.2, 0) is 6.42 Å². The summed E-state index contributed by atoms with van der Waals surface area (Å²) in [5.41, 5.74) is 1.26. The first kappa shape index (κ1) is 14.1. The van der Waals surface area contributed by atoms with Crippen molar-refractivity contribution < 1.29 is 8.78 Å². The Morgan fingerprint density at radius 1 is 1.26 bits per heavy atom. The molecule has 100 valence electrons. The predicted octanol–water partition coefficient (Wildman–Crippen LogP) is 3.63. The van der Waals surface area contributed by atoms with E-state index in [0.29, 0.717) is 12.0 Å². The van der Waals surface area contributed by atoms with Crippen LogP contribution in [0.15, 0.2) is 41.1 Å². The second kappa shape index (κ2) is 6.21. The number of halogens is 3. The lowest BCUT2D eigenvalue weighted by Gasteiger charge is -2.17. The Balaban J connectivity index is 2.27. The van der Waals surface area contributed by atoms with Crippen LogP contribution in [0.4, 0.5) is 8.78 Å². The molecule has 0 fully saturated rings. The molecule has 1 aromatic heterocycles. The molecule has 1 heterocycles. The largest absolute Gasteiger partial charge is 0.313 e. The summed E-state index contributed by atoms with van der Waals surface area (Å²) in [7, 11) is 1.72. The molecule has 2 nitrogen and oxygen atoms in total. The molecule has 2 aromatic rings. The van der Waals surface area contributed by atoms with Gasteiger partial charge < -0.3 is 5.32 Å². The molecule has 0 aliphatic heterocycles. The van der Waals surface area contributed by atoms with Crippen LogP contribution in [0.25, 0.3) is 0 Å². The number of hydrogen-bond acceptors (Lipinski definition) is 2. The lowest BCUT2D eigenvalue weighted by atomic mass is 9.99. The Bertz CT molecular complexity index is 575. The lowest BCUT2D eigenvalue weighted by molar-refractivity contribution is 0.522. The van der Waals surface area contributed by atoms with Crippen molar-refractivity contribution in [3.05, 3.63) is 63.9 Å². The number of likely N-dealkylation sites (N-methyl/N-ethyl adjacent to an activating group) is 1. The minimum atomic E-state index is -0.441. The maximum Gasteiger partial charge on any atom is 0.128 e. The van der Waals surface area contributed by atoms with Gasteiger partial charge >= 0.3 is 0 Å². The van der Waals surface area contributed by atoms with Crippen molar-refractivity contribution in [2.24, 2.45) is 0 Å². The molecule has 19 heavy (non-hydrogen) atoms. The fourth-order valence-electron chi connectivity index (χ4n) is 1.95. The van der Waals surface area contributed by atoms with E-state index in [1.165, 1.54) is 6.07 Å². The standard InChI is InChI=1S/C14H13BrF2N2/c1-18-14(5-9-4-10(15)8-19-7-9)12-6-11(16)2-3-13(12)17/h2-4,6-8,14,18H,5H2,1H3. The van der Waals surface area contributed by atoms with E-state index >= 15 is 0 Å². The van der Waals surface area contributed by atoms with E-state index in [9.17, 15) is 8.78 Å². The van der Waals surface area contributed by atoms with E-state index < -0.39 is 11.6 Å². The summed E-state index contributed by atoms with van der Waals surface area (Å²) < 4.78 is 27.9. The van der Waals surface area contributed by atoms with Crippen molar-refractivity contribution in [2.75, 3.05) is 7.05 Å². The Morgan fingerprint density at radius 3 is 2.74 bits per heavy atom. The van der Waals surface area contributed by atoms with Crippen molar-refractivity contribution in [1.29, 1.82) is 0 Å². The molecular weight excluding hydrogens is 314 g/mol. The van der Waals surface area contributed by atoms with E-state index in [0.717, 1.165) is 22.2 Å².